The van der Waals surface area contributed by atoms with Crippen molar-refractivity contribution in [2.75, 3.05) is 32.8 Å². The van der Waals surface area contributed by atoms with Crippen molar-refractivity contribution in [2.45, 2.75) is 71.8 Å². The SMILES string of the molecule is CC(C)CCCCCCCCCOc1cccc(CN2CCNCC2)c1. The van der Waals surface area contributed by atoms with Crippen molar-refractivity contribution in [3.05, 3.63) is 29.8 Å². The minimum absolute atomic E-state index is 0.852. The summed E-state index contributed by atoms with van der Waals surface area (Å²) in [5, 5.41) is 3.41. The molecule has 0 amide bonds. The molecule has 2 rings (SSSR count). The Balaban J connectivity index is 1.50. The zero-order chi connectivity index (χ0) is 18.5. The maximum Gasteiger partial charge on any atom is 0.119 e. The number of hydrogen-bond donors (Lipinski definition) is 1. The second kappa shape index (κ2) is 13.2. The molecule has 1 N–H and O–H groups in total. The smallest absolute Gasteiger partial charge is 0.119 e. The number of ether oxygens (including phenoxy) is 1. The third kappa shape index (κ3) is 9.59. The number of piperazine rings is 1. The van der Waals surface area contributed by atoms with Crippen LogP contribution in [0.15, 0.2) is 24.3 Å². The van der Waals surface area contributed by atoms with Crippen LogP contribution in [0.2, 0.25) is 0 Å². The van der Waals surface area contributed by atoms with Crippen molar-refractivity contribution in [2.24, 2.45) is 5.92 Å². The van der Waals surface area contributed by atoms with E-state index >= 15 is 0 Å². The van der Waals surface area contributed by atoms with Crippen LogP contribution in [0.5, 0.6) is 5.75 Å². The van der Waals surface area contributed by atoms with E-state index in [-0.39, 0.29) is 0 Å². The van der Waals surface area contributed by atoms with Gasteiger partial charge in [-0.05, 0) is 30.0 Å². The Kier molecular flexibility index (Phi) is 10.8. The topological polar surface area (TPSA) is 24.5 Å². The van der Waals surface area contributed by atoms with Crippen LogP contribution in [0.3, 0.4) is 0 Å². The highest BCUT2D eigenvalue weighted by atomic mass is 16.5. The number of unbranched alkanes of at least 4 members (excludes halogenated alkanes) is 6. The quantitative estimate of drug-likeness (QED) is 0.486. The molecule has 0 aromatic heterocycles. The first-order chi connectivity index (χ1) is 12.7. The third-order valence-electron chi connectivity index (χ3n) is 5.21. The van der Waals surface area contributed by atoms with Crippen molar-refractivity contribution >= 4 is 0 Å². The van der Waals surface area contributed by atoms with Crippen molar-refractivity contribution < 1.29 is 4.74 Å². The molecule has 0 unspecified atom stereocenters. The molecule has 1 heterocycles. The first-order valence-corrected chi connectivity index (χ1v) is 10.9. The summed E-state index contributed by atoms with van der Waals surface area (Å²) in [4.78, 5) is 2.51. The summed E-state index contributed by atoms with van der Waals surface area (Å²) in [6.07, 6.45) is 10.8. The van der Waals surface area contributed by atoms with Gasteiger partial charge in [0.15, 0.2) is 0 Å². The summed E-state index contributed by atoms with van der Waals surface area (Å²) in [5.41, 5.74) is 1.37. The van der Waals surface area contributed by atoms with Crippen LogP contribution in [0.25, 0.3) is 0 Å². The zero-order valence-electron chi connectivity index (χ0n) is 17.1. The van der Waals surface area contributed by atoms with Gasteiger partial charge in [0.25, 0.3) is 0 Å². The third-order valence-corrected chi connectivity index (χ3v) is 5.21. The van der Waals surface area contributed by atoms with Crippen LogP contribution in [-0.2, 0) is 6.54 Å². The first kappa shape index (κ1) is 21.2. The number of nitrogens with one attached hydrogen (secondary N) is 1. The second-order valence-electron chi connectivity index (χ2n) is 8.18. The van der Waals surface area contributed by atoms with Gasteiger partial charge in [0.05, 0.1) is 6.61 Å². The maximum atomic E-state index is 5.98. The molecule has 1 aliphatic heterocycles. The molecule has 26 heavy (non-hydrogen) atoms. The fraction of sp³-hybridized carbons (Fsp3) is 0.739. The van der Waals surface area contributed by atoms with Crippen molar-refractivity contribution in [3.8, 4) is 5.75 Å². The van der Waals surface area contributed by atoms with Crippen molar-refractivity contribution in [1.29, 1.82) is 0 Å². The number of rotatable bonds is 13. The summed E-state index contributed by atoms with van der Waals surface area (Å²) in [5.74, 6) is 1.90. The van der Waals surface area contributed by atoms with E-state index in [0.717, 1.165) is 51.0 Å². The fourth-order valence-corrected chi connectivity index (χ4v) is 3.59. The molecule has 1 aromatic rings. The first-order valence-electron chi connectivity index (χ1n) is 10.9. The molecule has 0 bridgehead atoms. The molecule has 0 spiro atoms. The average molecular weight is 361 g/mol. The Bertz CT molecular complexity index is 469. The van der Waals surface area contributed by atoms with E-state index in [9.17, 15) is 0 Å². The van der Waals surface area contributed by atoms with E-state index < -0.39 is 0 Å². The Morgan fingerprint density at radius 3 is 2.38 bits per heavy atom. The Labute approximate surface area is 161 Å². The van der Waals surface area contributed by atoms with E-state index in [1.165, 1.54) is 56.9 Å². The molecule has 0 radical (unpaired) electrons. The van der Waals surface area contributed by atoms with Crippen LogP contribution in [0, 0.1) is 5.92 Å². The van der Waals surface area contributed by atoms with Crippen molar-refractivity contribution in [3.63, 3.8) is 0 Å². The van der Waals surface area contributed by atoms with Gasteiger partial charge in [-0.15, -0.1) is 0 Å². The molecule has 0 atom stereocenters. The van der Waals surface area contributed by atoms with Crippen LogP contribution < -0.4 is 10.1 Å². The Morgan fingerprint density at radius 1 is 0.962 bits per heavy atom. The van der Waals surface area contributed by atoms with E-state index in [4.69, 9.17) is 4.74 Å². The van der Waals surface area contributed by atoms with E-state index in [2.05, 4.69) is 48.3 Å². The van der Waals surface area contributed by atoms with Gasteiger partial charge in [0.2, 0.25) is 0 Å². The minimum Gasteiger partial charge on any atom is -0.494 e. The monoisotopic (exact) mass is 360 g/mol. The summed E-state index contributed by atoms with van der Waals surface area (Å²) < 4.78 is 5.98. The van der Waals surface area contributed by atoms with Gasteiger partial charge in [-0.1, -0.05) is 70.9 Å². The largest absolute Gasteiger partial charge is 0.494 e. The van der Waals surface area contributed by atoms with Gasteiger partial charge in [0, 0.05) is 32.7 Å². The lowest BCUT2D eigenvalue weighted by molar-refractivity contribution is 0.232. The zero-order valence-corrected chi connectivity index (χ0v) is 17.1. The van der Waals surface area contributed by atoms with Crippen LogP contribution in [-0.4, -0.2) is 37.7 Å². The molecule has 1 fully saturated rings. The molecule has 148 valence electrons. The fourth-order valence-electron chi connectivity index (χ4n) is 3.59. The van der Waals surface area contributed by atoms with Gasteiger partial charge in [-0.3, -0.25) is 4.90 Å². The van der Waals surface area contributed by atoms with Crippen LogP contribution in [0.1, 0.15) is 70.8 Å². The maximum absolute atomic E-state index is 5.98. The number of benzene rings is 1. The Morgan fingerprint density at radius 2 is 1.65 bits per heavy atom. The highest BCUT2D eigenvalue weighted by Crippen LogP contribution is 2.16. The lowest BCUT2D eigenvalue weighted by Gasteiger charge is -2.27. The highest BCUT2D eigenvalue weighted by molar-refractivity contribution is 5.28. The summed E-state index contributed by atoms with van der Waals surface area (Å²) in [7, 11) is 0. The lowest BCUT2D eigenvalue weighted by atomic mass is 10.0. The summed E-state index contributed by atoms with van der Waals surface area (Å²) in [6.45, 7) is 11.0. The molecule has 3 nitrogen and oxygen atoms in total. The van der Waals surface area contributed by atoms with Gasteiger partial charge in [-0.25, -0.2) is 0 Å². The summed E-state index contributed by atoms with van der Waals surface area (Å²) >= 11 is 0. The van der Waals surface area contributed by atoms with Crippen molar-refractivity contribution in [1.82, 2.24) is 10.2 Å². The van der Waals surface area contributed by atoms with Gasteiger partial charge in [0.1, 0.15) is 5.75 Å². The number of hydrogen-bond acceptors (Lipinski definition) is 3. The lowest BCUT2D eigenvalue weighted by Crippen LogP contribution is -2.42. The standard InChI is InChI=1S/C23H40N2O/c1-21(2)11-8-6-4-3-5-7-9-18-26-23-13-10-12-22(19-23)20-25-16-14-24-15-17-25/h10,12-13,19,21,24H,3-9,11,14-18,20H2,1-2H3. The second-order valence-corrected chi connectivity index (χ2v) is 8.18. The molecule has 1 aromatic carbocycles. The van der Waals surface area contributed by atoms with E-state index in [0.29, 0.717) is 0 Å². The minimum atomic E-state index is 0.852. The Hall–Kier alpha value is -1.06. The predicted octanol–water partition coefficient (Wildman–Crippen LogP) is 5.25. The molecule has 1 saturated heterocycles. The van der Waals surface area contributed by atoms with Gasteiger partial charge < -0.3 is 10.1 Å². The molecule has 1 aliphatic rings. The van der Waals surface area contributed by atoms with Crippen LogP contribution >= 0.6 is 0 Å². The molecule has 0 saturated carbocycles. The summed E-state index contributed by atoms with van der Waals surface area (Å²) in [6, 6.07) is 8.66. The van der Waals surface area contributed by atoms with Crippen LogP contribution in [0.4, 0.5) is 0 Å². The van der Waals surface area contributed by atoms with Gasteiger partial charge >= 0.3 is 0 Å². The molecular formula is C23H40N2O. The predicted molar refractivity (Wildman–Crippen MR) is 112 cm³/mol. The van der Waals surface area contributed by atoms with Gasteiger partial charge in [-0.2, -0.15) is 0 Å². The molecule has 0 aliphatic carbocycles. The molecule has 3 heteroatoms. The van der Waals surface area contributed by atoms with E-state index in [1.54, 1.807) is 0 Å². The molecular weight excluding hydrogens is 320 g/mol. The normalized spacial score (nSPS) is 15.5. The average Bonchev–Trinajstić information content (AvgIpc) is 2.64. The highest BCUT2D eigenvalue weighted by Gasteiger charge is 2.10. The number of nitrogens with zero attached hydrogens (tertiary/aromatic N) is 1. The van der Waals surface area contributed by atoms with E-state index in [1.807, 2.05) is 0 Å².